The molecule has 64 valence electrons. The van der Waals surface area contributed by atoms with Crippen LogP contribution in [0.3, 0.4) is 0 Å². The summed E-state index contributed by atoms with van der Waals surface area (Å²) in [5, 5.41) is -0.674. The summed E-state index contributed by atoms with van der Waals surface area (Å²) < 4.78 is 13.2. The van der Waals surface area contributed by atoms with Gasteiger partial charge in [0, 0.05) is 0 Å². The van der Waals surface area contributed by atoms with E-state index in [1.807, 2.05) is 0 Å². The van der Waals surface area contributed by atoms with Gasteiger partial charge >= 0.3 is 84.2 Å². The molecule has 0 aliphatic rings. The van der Waals surface area contributed by atoms with Gasteiger partial charge in [0.15, 0.2) is 0 Å². The summed E-state index contributed by atoms with van der Waals surface area (Å²) in [5.41, 5.74) is 0.159. The Kier molecular flexibility index (Phi) is 3.53. The first-order valence-electron chi connectivity index (χ1n) is 2.93. The van der Waals surface area contributed by atoms with E-state index in [9.17, 15) is 9.18 Å². The Morgan fingerprint density at radius 1 is 1.50 bits per heavy atom. The Labute approximate surface area is 84.2 Å². The molecule has 1 aromatic carbocycles. The van der Waals surface area contributed by atoms with Crippen LogP contribution in [-0.4, -0.2) is 19.3 Å². The summed E-state index contributed by atoms with van der Waals surface area (Å²) in [5.74, 6) is -0.483. The summed E-state index contributed by atoms with van der Waals surface area (Å²) in [7, 11) is 5.56. The van der Waals surface area contributed by atoms with Gasteiger partial charge in [0.25, 0.3) is 0 Å². The molecule has 0 amide bonds. The summed E-state index contributed by atoms with van der Waals surface area (Å²) >= 11 is 4.84. The third-order valence-corrected chi connectivity index (χ3v) is 3.40. The molecule has 0 aliphatic carbocycles. The van der Waals surface area contributed by atoms with Gasteiger partial charge in [0.1, 0.15) is 0 Å². The van der Waals surface area contributed by atoms with Crippen molar-refractivity contribution in [2.24, 2.45) is 0 Å². The van der Waals surface area contributed by atoms with Crippen LogP contribution in [0.15, 0.2) is 18.2 Å². The number of carbonyl (C=O) groups is 1. The van der Waals surface area contributed by atoms with E-state index in [-0.39, 0.29) is 19.6 Å². The van der Waals surface area contributed by atoms with Gasteiger partial charge in [-0.15, -0.1) is 0 Å². The van der Waals surface area contributed by atoms with Crippen LogP contribution in [0.5, 0.6) is 0 Å². The molecular weight excluding hydrogens is 269 g/mol. The average Bonchev–Trinajstić information content (AvgIpc) is 2.04. The normalized spacial score (nSPS) is 9.92. The molecule has 0 heterocycles. The van der Waals surface area contributed by atoms with E-state index >= 15 is 0 Å². The van der Waals surface area contributed by atoms with Crippen molar-refractivity contribution >= 4 is 45.4 Å². The second kappa shape index (κ2) is 4.24. The van der Waals surface area contributed by atoms with Crippen molar-refractivity contribution in [1.82, 2.24) is 0 Å². The number of benzene rings is 1. The van der Waals surface area contributed by atoms with Gasteiger partial charge in [0.2, 0.25) is 0 Å². The Balaban J connectivity index is 3.21. The maximum atomic E-state index is 12.6. The van der Waals surface area contributed by atoms with Crippen molar-refractivity contribution in [2.45, 2.75) is 0 Å². The van der Waals surface area contributed by atoms with Gasteiger partial charge in [-0.25, -0.2) is 0 Å². The molecule has 0 unspecified atom stereocenters. The quantitative estimate of drug-likeness (QED) is 0.591. The summed E-state index contributed by atoms with van der Waals surface area (Å²) in [6.07, 6.45) is 0. The van der Waals surface area contributed by atoms with Gasteiger partial charge in [0.05, 0.1) is 0 Å². The number of hydrogen-bond donors (Lipinski definition) is 0. The molecule has 0 fully saturated rings. The van der Waals surface area contributed by atoms with Crippen LogP contribution >= 0.6 is 21.7 Å². The SMILES string of the molecule is O=C(Cl)c1cc(F)ccc1[Se]Cl. The second-order valence-electron chi connectivity index (χ2n) is 1.99. The summed E-state index contributed by atoms with van der Waals surface area (Å²) in [6.45, 7) is 0. The van der Waals surface area contributed by atoms with Crippen LogP contribution in [-0.2, 0) is 0 Å². The predicted molar refractivity (Wildman–Crippen MR) is 47.8 cm³/mol. The van der Waals surface area contributed by atoms with Crippen molar-refractivity contribution < 1.29 is 9.18 Å². The number of hydrogen-bond acceptors (Lipinski definition) is 1. The monoisotopic (exact) mass is 272 g/mol. The molecule has 0 radical (unpaired) electrons. The van der Waals surface area contributed by atoms with Gasteiger partial charge in [-0.2, -0.15) is 0 Å². The van der Waals surface area contributed by atoms with Gasteiger partial charge in [-0.05, 0) is 0 Å². The van der Waals surface area contributed by atoms with Crippen molar-refractivity contribution in [3.63, 3.8) is 0 Å². The fourth-order valence-corrected chi connectivity index (χ4v) is 2.45. The molecule has 5 heteroatoms. The van der Waals surface area contributed by atoms with Crippen LogP contribution in [0, 0.1) is 5.82 Å². The molecule has 1 rings (SSSR count). The van der Waals surface area contributed by atoms with Gasteiger partial charge < -0.3 is 0 Å². The van der Waals surface area contributed by atoms with E-state index in [1.165, 1.54) is 12.1 Å². The van der Waals surface area contributed by atoms with E-state index in [2.05, 4.69) is 0 Å². The number of halogens is 3. The fraction of sp³-hybridized carbons (Fsp3) is 0. The molecule has 1 aromatic rings. The Morgan fingerprint density at radius 2 is 2.17 bits per heavy atom. The van der Waals surface area contributed by atoms with Crippen LogP contribution in [0.4, 0.5) is 4.39 Å². The standard InChI is InChI=1S/C7H3Cl2FOSe/c8-7(11)5-3-4(10)1-2-6(5)12-9/h1-3H. The zero-order valence-electron chi connectivity index (χ0n) is 5.68. The first-order chi connectivity index (χ1) is 5.65. The minimum atomic E-state index is -0.674. The van der Waals surface area contributed by atoms with Crippen LogP contribution in [0.1, 0.15) is 10.4 Å². The minimum absolute atomic E-state index is 0.159. The molecule has 0 spiro atoms. The zero-order chi connectivity index (χ0) is 9.14. The summed E-state index contributed by atoms with van der Waals surface area (Å²) in [4.78, 5) is 10.7. The van der Waals surface area contributed by atoms with Crippen molar-refractivity contribution in [3.8, 4) is 0 Å². The third-order valence-electron chi connectivity index (χ3n) is 1.24. The van der Waals surface area contributed by atoms with Gasteiger partial charge in [-0.1, -0.05) is 0 Å². The molecule has 12 heavy (non-hydrogen) atoms. The molecule has 0 saturated carbocycles. The molecule has 0 atom stereocenters. The average molecular weight is 272 g/mol. The molecule has 1 nitrogen and oxygen atoms in total. The topological polar surface area (TPSA) is 17.1 Å². The number of carbonyl (C=O) groups excluding carboxylic acids is 1. The first kappa shape index (κ1) is 10.0. The second-order valence-corrected chi connectivity index (χ2v) is 4.38. The van der Waals surface area contributed by atoms with Crippen LogP contribution in [0.25, 0.3) is 0 Å². The van der Waals surface area contributed by atoms with E-state index in [1.54, 1.807) is 0 Å². The fourth-order valence-electron chi connectivity index (χ4n) is 0.723. The van der Waals surface area contributed by atoms with Crippen LogP contribution < -0.4 is 4.46 Å². The van der Waals surface area contributed by atoms with E-state index in [4.69, 9.17) is 21.7 Å². The molecular formula is C7H3Cl2FOSe. The molecule has 0 aromatic heterocycles. The predicted octanol–water partition coefficient (Wildman–Crippen LogP) is 1.69. The maximum absolute atomic E-state index is 12.6. The number of rotatable bonds is 2. The van der Waals surface area contributed by atoms with E-state index in [0.717, 1.165) is 6.07 Å². The molecule has 0 saturated heterocycles. The third kappa shape index (κ3) is 2.20. The van der Waals surface area contributed by atoms with E-state index < -0.39 is 11.1 Å². The molecule has 0 bridgehead atoms. The summed E-state index contributed by atoms with van der Waals surface area (Å²) in [6, 6.07) is 3.82. The molecule has 0 N–H and O–H groups in total. The van der Waals surface area contributed by atoms with Crippen molar-refractivity contribution in [3.05, 3.63) is 29.6 Å². The van der Waals surface area contributed by atoms with E-state index in [0.29, 0.717) is 4.46 Å². The van der Waals surface area contributed by atoms with Gasteiger partial charge in [-0.3, -0.25) is 0 Å². The van der Waals surface area contributed by atoms with Crippen molar-refractivity contribution in [1.29, 1.82) is 0 Å². The Hall–Kier alpha value is -0.0805. The first-order valence-corrected chi connectivity index (χ1v) is 6.41. The van der Waals surface area contributed by atoms with Crippen LogP contribution in [0.2, 0.25) is 0 Å². The van der Waals surface area contributed by atoms with Crippen molar-refractivity contribution in [2.75, 3.05) is 0 Å². The zero-order valence-corrected chi connectivity index (χ0v) is 8.91. The Morgan fingerprint density at radius 3 is 2.67 bits per heavy atom. The Bertz CT molecular complexity index is 316. The molecule has 0 aliphatic heterocycles.